The van der Waals surface area contributed by atoms with Gasteiger partial charge in [0.1, 0.15) is 22.8 Å². The number of aromatic nitrogens is 7. The number of allylic oxidation sites excluding steroid dienone is 2. The maximum Gasteiger partial charge on any atom is 0.159 e. The standard InChI is InChI=1S/C27H24FN9/c1-3-16(22-11-30-12-23(32-22)37-13-19(29)14-37)10-20-15(2)35-36-25(20)27-33-21-7-8-31-24(26(21)34-27)17-5-4-6-18(28)9-17/h3-12,19,35H,2,13-14,29H2,1H3,(H,33,34)/b16-3+,20-10+. The molecule has 6 rings (SSSR count). The van der Waals surface area contributed by atoms with Gasteiger partial charge in [-0.1, -0.05) is 24.8 Å². The molecule has 9 nitrogen and oxygen atoms in total. The molecule has 1 aromatic carbocycles. The number of anilines is 1. The van der Waals surface area contributed by atoms with Crippen molar-refractivity contribution in [3.8, 4) is 22.8 Å². The van der Waals surface area contributed by atoms with Crippen molar-refractivity contribution in [2.24, 2.45) is 5.73 Å². The third-order valence-electron chi connectivity index (χ3n) is 6.37. The third kappa shape index (κ3) is 4.17. The lowest BCUT2D eigenvalue weighted by atomic mass is 10.1. The van der Waals surface area contributed by atoms with Crippen molar-refractivity contribution in [3.05, 3.63) is 77.1 Å². The monoisotopic (exact) mass is 493 g/mol. The van der Waals surface area contributed by atoms with E-state index in [-0.39, 0.29) is 11.9 Å². The fourth-order valence-electron chi connectivity index (χ4n) is 4.42. The highest BCUT2D eigenvalue weighted by Gasteiger charge is 2.24. The topological polar surface area (TPSA) is 125 Å². The largest absolute Gasteiger partial charge is 0.352 e. The second-order valence-corrected chi connectivity index (χ2v) is 8.93. The van der Waals surface area contributed by atoms with Crippen LogP contribution in [-0.2, 0) is 0 Å². The normalized spacial score (nSPS) is 14.9. The Bertz CT molecular complexity index is 1760. The number of nitrogens with two attached hydrogens (primary N) is 1. The highest BCUT2D eigenvalue weighted by molar-refractivity contribution is 5.92. The fourth-order valence-corrected chi connectivity index (χ4v) is 4.42. The summed E-state index contributed by atoms with van der Waals surface area (Å²) >= 11 is 0. The van der Waals surface area contributed by atoms with E-state index < -0.39 is 0 Å². The lowest BCUT2D eigenvalue weighted by Crippen LogP contribution is -2.56. The quantitative estimate of drug-likeness (QED) is 0.343. The average molecular weight is 494 g/mol. The first-order valence-electron chi connectivity index (χ1n) is 11.9. The van der Waals surface area contributed by atoms with Crippen LogP contribution in [0.1, 0.15) is 12.6 Å². The van der Waals surface area contributed by atoms with Crippen LogP contribution in [0.15, 0.2) is 55.0 Å². The molecule has 1 saturated heterocycles. The van der Waals surface area contributed by atoms with E-state index in [0.717, 1.165) is 40.9 Å². The molecule has 1 aliphatic heterocycles. The molecule has 0 amide bonds. The summed E-state index contributed by atoms with van der Waals surface area (Å²) in [4.78, 5) is 23.9. The van der Waals surface area contributed by atoms with Crippen LogP contribution in [0.3, 0.4) is 0 Å². The van der Waals surface area contributed by atoms with Crippen molar-refractivity contribution < 1.29 is 4.39 Å². The molecule has 10 heteroatoms. The molecule has 5 aromatic rings. The van der Waals surface area contributed by atoms with E-state index in [1.165, 1.54) is 12.1 Å². The number of hydrogen-bond acceptors (Lipinski definition) is 7. The fraction of sp³-hybridized carbons (Fsp3) is 0.148. The Hall–Kier alpha value is -4.70. The minimum Gasteiger partial charge on any atom is -0.352 e. The summed E-state index contributed by atoms with van der Waals surface area (Å²) in [6, 6.07) is 8.30. The zero-order chi connectivity index (χ0) is 25.5. The number of nitrogens with one attached hydrogen (secondary N) is 2. The van der Waals surface area contributed by atoms with Gasteiger partial charge in [0.15, 0.2) is 5.82 Å². The highest BCUT2D eigenvalue weighted by atomic mass is 19.1. The van der Waals surface area contributed by atoms with Crippen LogP contribution in [0, 0.1) is 5.82 Å². The van der Waals surface area contributed by atoms with E-state index in [1.807, 2.05) is 31.2 Å². The predicted molar refractivity (Wildman–Crippen MR) is 142 cm³/mol. The number of rotatable bonds is 5. The van der Waals surface area contributed by atoms with Gasteiger partial charge in [-0.05, 0) is 36.8 Å². The molecule has 0 radical (unpaired) electrons. The second-order valence-electron chi connectivity index (χ2n) is 8.93. The molecule has 184 valence electrons. The molecule has 0 atom stereocenters. The number of hydrogen-bond donors (Lipinski definition) is 3. The molecule has 1 aliphatic rings. The van der Waals surface area contributed by atoms with Gasteiger partial charge < -0.3 is 15.6 Å². The van der Waals surface area contributed by atoms with Gasteiger partial charge in [0, 0.05) is 36.1 Å². The Balaban J connectivity index is 1.42. The zero-order valence-corrected chi connectivity index (χ0v) is 20.1. The first-order valence-corrected chi connectivity index (χ1v) is 11.9. The average Bonchev–Trinajstić information content (AvgIpc) is 3.48. The number of benzene rings is 1. The van der Waals surface area contributed by atoms with Crippen LogP contribution in [0.5, 0.6) is 0 Å². The van der Waals surface area contributed by atoms with Gasteiger partial charge in [0.05, 0.1) is 34.6 Å². The van der Waals surface area contributed by atoms with Crippen LogP contribution >= 0.6 is 0 Å². The minimum absolute atomic E-state index is 0.167. The Morgan fingerprint density at radius 3 is 2.84 bits per heavy atom. The molecule has 0 bridgehead atoms. The number of aromatic amines is 2. The van der Waals surface area contributed by atoms with Crippen molar-refractivity contribution in [2.45, 2.75) is 13.0 Å². The lowest BCUT2D eigenvalue weighted by Gasteiger charge is -2.37. The maximum absolute atomic E-state index is 13.9. The van der Waals surface area contributed by atoms with Gasteiger partial charge in [-0.25, -0.2) is 14.4 Å². The maximum atomic E-state index is 13.9. The second kappa shape index (κ2) is 9.07. The van der Waals surface area contributed by atoms with Crippen molar-refractivity contribution in [1.29, 1.82) is 0 Å². The summed E-state index contributed by atoms with van der Waals surface area (Å²) in [6.45, 7) is 7.60. The number of nitrogens with zero attached hydrogens (tertiary/aromatic N) is 6. The Labute approximate surface area is 211 Å². The number of imidazole rings is 1. The Morgan fingerprint density at radius 1 is 1.19 bits per heavy atom. The van der Waals surface area contributed by atoms with Gasteiger partial charge in [0.2, 0.25) is 0 Å². The van der Waals surface area contributed by atoms with Gasteiger partial charge >= 0.3 is 0 Å². The molecule has 4 N–H and O–H groups in total. The molecule has 4 aromatic heterocycles. The lowest BCUT2D eigenvalue weighted by molar-refractivity contribution is 0.513. The molecular weight excluding hydrogens is 469 g/mol. The zero-order valence-electron chi connectivity index (χ0n) is 20.1. The smallest absolute Gasteiger partial charge is 0.159 e. The first kappa shape index (κ1) is 22.7. The van der Waals surface area contributed by atoms with Crippen LogP contribution < -0.4 is 21.2 Å². The molecule has 0 unspecified atom stereocenters. The van der Waals surface area contributed by atoms with Gasteiger partial charge in [-0.15, -0.1) is 0 Å². The van der Waals surface area contributed by atoms with E-state index in [9.17, 15) is 4.39 Å². The summed E-state index contributed by atoms with van der Waals surface area (Å²) < 4.78 is 13.9. The predicted octanol–water partition coefficient (Wildman–Crippen LogP) is 2.39. The molecule has 0 saturated carbocycles. The van der Waals surface area contributed by atoms with Crippen LogP contribution in [0.4, 0.5) is 10.2 Å². The van der Waals surface area contributed by atoms with E-state index in [0.29, 0.717) is 33.6 Å². The molecule has 37 heavy (non-hydrogen) atoms. The molecule has 0 aliphatic carbocycles. The Kier molecular flexibility index (Phi) is 5.57. The molecule has 5 heterocycles. The van der Waals surface area contributed by atoms with Crippen molar-refractivity contribution >= 4 is 35.1 Å². The highest BCUT2D eigenvalue weighted by Crippen LogP contribution is 2.27. The summed E-state index contributed by atoms with van der Waals surface area (Å²) in [5.74, 6) is 1.01. The van der Waals surface area contributed by atoms with E-state index >= 15 is 0 Å². The summed E-state index contributed by atoms with van der Waals surface area (Å²) in [5, 5.41) is 8.85. The number of pyridine rings is 1. The van der Waals surface area contributed by atoms with Gasteiger partial charge in [-0.2, -0.15) is 5.10 Å². The first-order chi connectivity index (χ1) is 18.0. The van der Waals surface area contributed by atoms with Crippen LogP contribution in [-0.4, -0.2) is 54.2 Å². The third-order valence-corrected chi connectivity index (χ3v) is 6.37. The molecule has 0 spiro atoms. The van der Waals surface area contributed by atoms with Crippen molar-refractivity contribution in [3.63, 3.8) is 0 Å². The minimum atomic E-state index is -0.332. The molecule has 1 fully saturated rings. The van der Waals surface area contributed by atoms with E-state index in [2.05, 4.69) is 36.6 Å². The number of H-pyrrole nitrogens is 2. The van der Waals surface area contributed by atoms with Crippen molar-refractivity contribution in [2.75, 3.05) is 18.0 Å². The van der Waals surface area contributed by atoms with Gasteiger partial charge in [0.25, 0.3) is 0 Å². The number of halogens is 1. The summed E-state index contributed by atoms with van der Waals surface area (Å²) in [5.41, 5.74) is 10.8. The summed E-state index contributed by atoms with van der Waals surface area (Å²) in [7, 11) is 0. The van der Waals surface area contributed by atoms with Gasteiger partial charge in [-0.3, -0.25) is 15.1 Å². The summed E-state index contributed by atoms with van der Waals surface area (Å²) in [6.07, 6.45) is 9.09. The van der Waals surface area contributed by atoms with E-state index in [1.54, 1.807) is 24.7 Å². The Morgan fingerprint density at radius 2 is 2.05 bits per heavy atom. The SMILES string of the molecule is C=c1[nH]nc(-c2nc3c(-c4cccc(F)c4)nccc3[nH]2)/c1=C/C(=C\C)c1cncc(N2CC(N)C2)n1. The van der Waals surface area contributed by atoms with Crippen LogP contribution in [0.25, 0.3) is 52.0 Å². The number of fused-ring (bicyclic) bond motifs is 1. The van der Waals surface area contributed by atoms with Crippen LogP contribution in [0.2, 0.25) is 0 Å². The van der Waals surface area contributed by atoms with Crippen molar-refractivity contribution in [1.82, 2.24) is 35.1 Å². The van der Waals surface area contributed by atoms with E-state index in [4.69, 9.17) is 15.7 Å². The molecular formula is C27H24FN9.